The Morgan fingerprint density at radius 1 is 1.38 bits per heavy atom. The fourth-order valence-electron chi connectivity index (χ4n) is 2.09. The van der Waals surface area contributed by atoms with Gasteiger partial charge in [-0.05, 0) is 18.2 Å². The molecule has 1 aliphatic rings. The van der Waals surface area contributed by atoms with Crippen molar-refractivity contribution in [2.45, 2.75) is 6.10 Å². The Bertz CT molecular complexity index is 544. The molecule has 114 valence electrons. The number of carbonyl (C=O) groups is 2. The summed E-state index contributed by atoms with van der Waals surface area (Å²) in [5, 5.41) is 9.83. The summed E-state index contributed by atoms with van der Waals surface area (Å²) in [4.78, 5) is 25.4. The van der Waals surface area contributed by atoms with Crippen LogP contribution in [0.3, 0.4) is 0 Å². The van der Waals surface area contributed by atoms with E-state index in [1.165, 1.54) is 31.3 Å². The number of hydrogen-bond donors (Lipinski definition) is 1. The van der Waals surface area contributed by atoms with Gasteiger partial charge < -0.3 is 24.2 Å². The van der Waals surface area contributed by atoms with E-state index >= 15 is 0 Å². The molecule has 7 nitrogen and oxygen atoms in total. The molecule has 7 heteroatoms. The minimum absolute atomic E-state index is 0.0855. The molecule has 0 aromatic heterocycles. The first-order chi connectivity index (χ1) is 10.1. The van der Waals surface area contributed by atoms with Crippen molar-refractivity contribution in [2.24, 2.45) is 0 Å². The van der Waals surface area contributed by atoms with E-state index in [1.807, 2.05) is 0 Å². The van der Waals surface area contributed by atoms with Gasteiger partial charge in [-0.3, -0.25) is 4.79 Å². The number of phenolic OH excluding ortho intramolecular Hbond substituents is 1. The summed E-state index contributed by atoms with van der Waals surface area (Å²) in [5.41, 5.74) is 0.125. The first-order valence-electron chi connectivity index (χ1n) is 6.42. The number of amides is 1. The smallest absolute Gasteiger partial charge is 0.336 e. The van der Waals surface area contributed by atoms with Gasteiger partial charge in [0.1, 0.15) is 11.5 Å². The number of benzene rings is 1. The molecule has 21 heavy (non-hydrogen) atoms. The number of phenols is 1. The number of methoxy groups -OCH3 is 2. The molecule has 1 amide bonds. The molecule has 1 aromatic carbocycles. The lowest BCUT2D eigenvalue weighted by Crippen LogP contribution is -2.48. The minimum Gasteiger partial charge on any atom is -0.507 e. The summed E-state index contributed by atoms with van der Waals surface area (Å²) in [7, 11) is 2.74. The molecule has 0 aliphatic carbocycles. The van der Waals surface area contributed by atoms with E-state index in [9.17, 15) is 14.7 Å². The predicted molar refractivity (Wildman–Crippen MR) is 72.3 cm³/mol. The second-order valence-corrected chi connectivity index (χ2v) is 4.52. The van der Waals surface area contributed by atoms with Gasteiger partial charge in [0.05, 0.1) is 32.9 Å². The topological polar surface area (TPSA) is 85.3 Å². The first-order valence-corrected chi connectivity index (χ1v) is 6.42. The van der Waals surface area contributed by atoms with Crippen LogP contribution in [-0.4, -0.2) is 61.9 Å². The third-order valence-electron chi connectivity index (χ3n) is 3.25. The zero-order chi connectivity index (χ0) is 15.4. The first kappa shape index (κ1) is 15.1. The molecular weight excluding hydrogens is 278 g/mol. The molecular formula is C14H17NO6. The maximum absolute atomic E-state index is 12.4. The average molecular weight is 295 g/mol. The van der Waals surface area contributed by atoms with E-state index in [2.05, 4.69) is 4.74 Å². The molecule has 1 aliphatic heterocycles. The largest absolute Gasteiger partial charge is 0.507 e. The number of nitrogens with zero attached hydrogens (tertiary/aromatic N) is 1. The fourth-order valence-corrected chi connectivity index (χ4v) is 2.09. The van der Waals surface area contributed by atoms with Crippen LogP contribution >= 0.6 is 0 Å². The lowest BCUT2D eigenvalue weighted by Gasteiger charge is -2.31. The molecule has 2 rings (SSSR count). The molecule has 1 heterocycles. The zero-order valence-corrected chi connectivity index (χ0v) is 11.9. The number of rotatable bonds is 3. The van der Waals surface area contributed by atoms with Crippen LogP contribution in [-0.2, 0) is 14.3 Å². The molecule has 1 fully saturated rings. The normalized spacial score (nSPS) is 18.2. The van der Waals surface area contributed by atoms with Crippen LogP contribution in [0.5, 0.6) is 11.5 Å². The molecule has 0 saturated carbocycles. The van der Waals surface area contributed by atoms with Gasteiger partial charge in [-0.2, -0.15) is 0 Å². The highest BCUT2D eigenvalue weighted by atomic mass is 16.6. The molecule has 1 aromatic rings. The summed E-state index contributed by atoms with van der Waals surface area (Å²) in [6.07, 6.45) is -0.805. The van der Waals surface area contributed by atoms with Crippen molar-refractivity contribution in [1.29, 1.82) is 0 Å². The van der Waals surface area contributed by atoms with Gasteiger partial charge in [0, 0.05) is 6.54 Å². The van der Waals surface area contributed by atoms with E-state index in [0.29, 0.717) is 12.3 Å². The Labute approximate surface area is 122 Å². The molecule has 1 unspecified atom stereocenters. The maximum atomic E-state index is 12.4. The van der Waals surface area contributed by atoms with E-state index < -0.39 is 12.1 Å². The number of carbonyl (C=O) groups excluding carboxylic acids is 2. The molecule has 1 saturated heterocycles. The van der Waals surface area contributed by atoms with Crippen LogP contribution in [0, 0.1) is 0 Å². The van der Waals surface area contributed by atoms with Gasteiger partial charge in [0.25, 0.3) is 5.91 Å². The summed E-state index contributed by atoms with van der Waals surface area (Å²) in [6, 6.07) is 4.41. The Morgan fingerprint density at radius 2 is 2.14 bits per heavy atom. The monoisotopic (exact) mass is 295 g/mol. The van der Waals surface area contributed by atoms with Crippen molar-refractivity contribution in [3.63, 3.8) is 0 Å². The summed E-state index contributed by atoms with van der Waals surface area (Å²) < 4.78 is 14.9. The van der Waals surface area contributed by atoms with Crippen LogP contribution in [0.25, 0.3) is 0 Å². The number of aromatic hydroxyl groups is 1. The third kappa shape index (κ3) is 3.25. The van der Waals surface area contributed by atoms with E-state index in [-0.39, 0.29) is 30.4 Å². The fraction of sp³-hybridized carbons (Fsp3) is 0.429. The van der Waals surface area contributed by atoms with Gasteiger partial charge in [-0.25, -0.2) is 4.79 Å². The van der Waals surface area contributed by atoms with Crippen molar-refractivity contribution in [3.8, 4) is 11.5 Å². The number of esters is 1. The molecule has 0 bridgehead atoms. The molecule has 1 atom stereocenters. The lowest BCUT2D eigenvalue weighted by atomic mass is 10.1. The highest BCUT2D eigenvalue weighted by Crippen LogP contribution is 2.25. The number of ether oxygens (including phenoxy) is 3. The van der Waals surface area contributed by atoms with Gasteiger partial charge >= 0.3 is 5.97 Å². The second-order valence-electron chi connectivity index (χ2n) is 4.52. The van der Waals surface area contributed by atoms with E-state index in [1.54, 1.807) is 6.07 Å². The molecule has 1 N–H and O–H groups in total. The van der Waals surface area contributed by atoms with Gasteiger partial charge in [0.15, 0.2) is 6.10 Å². The summed E-state index contributed by atoms with van der Waals surface area (Å²) in [5.74, 6) is -0.582. The number of morpholine rings is 1. The maximum Gasteiger partial charge on any atom is 0.336 e. The van der Waals surface area contributed by atoms with Crippen LogP contribution in [0.1, 0.15) is 10.4 Å². The third-order valence-corrected chi connectivity index (χ3v) is 3.25. The molecule has 0 spiro atoms. The number of hydrogen-bond acceptors (Lipinski definition) is 6. The standard InChI is InChI=1S/C14H17NO6/c1-19-9-3-4-11(16)10(7-9)13(17)15-5-6-21-12(8-15)14(18)20-2/h3-4,7,12,16H,5-6,8H2,1-2H3. The second kappa shape index (κ2) is 6.45. The predicted octanol–water partition coefficient (Wildman–Crippen LogP) is 0.415. The molecule has 0 radical (unpaired) electrons. The van der Waals surface area contributed by atoms with Crippen molar-refractivity contribution >= 4 is 11.9 Å². The SMILES string of the molecule is COC(=O)C1CN(C(=O)c2cc(OC)ccc2O)CCO1. The zero-order valence-electron chi connectivity index (χ0n) is 11.9. The van der Waals surface area contributed by atoms with Crippen LogP contribution in [0.4, 0.5) is 0 Å². The van der Waals surface area contributed by atoms with Crippen LogP contribution in [0.15, 0.2) is 18.2 Å². The van der Waals surface area contributed by atoms with Crippen molar-refractivity contribution < 1.29 is 28.9 Å². The van der Waals surface area contributed by atoms with Crippen molar-refractivity contribution in [1.82, 2.24) is 4.90 Å². The summed E-state index contributed by atoms with van der Waals surface area (Å²) in [6.45, 7) is 0.654. The highest BCUT2D eigenvalue weighted by molar-refractivity contribution is 5.97. The van der Waals surface area contributed by atoms with Gasteiger partial charge in [-0.15, -0.1) is 0 Å². The summed E-state index contributed by atoms with van der Waals surface area (Å²) >= 11 is 0. The Hall–Kier alpha value is -2.28. The van der Waals surface area contributed by atoms with Crippen molar-refractivity contribution in [2.75, 3.05) is 33.9 Å². The van der Waals surface area contributed by atoms with E-state index in [4.69, 9.17) is 9.47 Å². The Kier molecular flexibility index (Phi) is 4.64. The highest BCUT2D eigenvalue weighted by Gasteiger charge is 2.31. The quantitative estimate of drug-likeness (QED) is 0.813. The van der Waals surface area contributed by atoms with Crippen LogP contribution in [0.2, 0.25) is 0 Å². The minimum atomic E-state index is -0.805. The average Bonchev–Trinajstić information content (AvgIpc) is 2.54. The van der Waals surface area contributed by atoms with Gasteiger partial charge in [0.2, 0.25) is 0 Å². The van der Waals surface area contributed by atoms with Gasteiger partial charge in [-0.1, -0.05) is 0 Å². The van der Waals surface area contributed by atoms with Crippen molar-refractivity contribution in [3.05, 3.63) is 23.8 Å². The Morgan fingerprint density at radius 3 is 2.81 bits per heavy atom. The Balaban J connectivity index is 2.17. The van der Waals surface area contributed by atoms with Crippen LogP contribution < -0.4 is 4.74 Å². The van der Waals surface area contributed by atoms with E-state index in [0.717, 1.165) is 0 Å². The lowest BCUT2D eigenvalue weighted by molar-refractivity contribution is -0.158.